The summed E-state index contributed by atoms with van der Waals surface area (Å²) in [6, 6.07) is 15.3. The van der Waals surface area contributed by atoms with Gasteiger partial charge in [-0.2, -0.15) is 0 Å². The number of pyridine rings is 1. The number of benzene rings is 2. The number of aromatic nitrogens is 1. The Hall–Kier alpha value is -3.58. The van der Waals surface area contributed by atoms with E-state index in [1.807, 2.05) is 31.1 Å². The highest BCUT2D eigenvalue weighted by Crippen LogP contribution is 2.23. The van der Waals surface area contributed by atoms with Crippen molar-refractivity contribution in [1.29, 1.82) is 0 Å². The third kappa shape index (κ3) is 5.71. The number of carbonyl (C=O) groups excluding carboxylic acids is 2. The van der Waals surface area contributed by atoms with Crippen molar-refractivity contribution in [2.24, 2.45) is 0 Å². The normalized spacial score (nSPS) is 10.2. The summed E-state index contributed by atoms with van der Waals surface area (Å²) in [6.45, 7) is 0.354. The van der Waals surface area contributed by atoms with Gasteiger partial charge in [-0.3, -0.25) is 9.78 Å². The van der Waals surface area contributed by atoms with Gasteiger partial charge < -0.3 is 20.9 Å². The molecule has 0 spiro atoms. The molecular weight excluding hydrogens is 402 g/mol. The van der Waals surface area contributed by atoms with Crippen LogP contribution in [0.4, 0.5) is 21.9 Å². The topological polar surface area (TPSA) is 86.4 Å². The van der Waals surface area contributed by atoms with Crippen molar-refractivity contribution >= 4 is 40.6 Å². The number of anilines is 3. The van der Waals surface area contributed by atoms with Crippen LogP contribution in [0, 0.1) is 0 Å². The highest BCUT2D eigenvalue weighted by Gasteiger charge is 2.15. The predicted octanol–water partition coefficient (Wildman–Crippen LogP) is 4.38. The van der Waals surface area contributed by atoms with E-state index in [0.29, 0.717) is 28.5 Å². The van der Waals surface area contributed by atoms with Crippen LogP contribution in [0.3, 0.4) is 0 Å². The molecule has 0 atom stereocenters. The molecule has 0 fully saturated rings. The van der Waals surface area contributed by atoms with Gasteiger partial charge in [-0.05, 0) is 48.0 Å². The van der Waals surface area contributed by atoms with E-state index in [2.05, 4.69) is 20.9 Å². The van der Waals surface area contributed by atoms with E-state index in [4.69, 9.17) is 11.6 Å². The second-order valence-electron chi connectivity index (χ2n) is 6.76. The minimum absolute atomic E-state index is 0.249. The zero-order valence-corrected chi connectivity index (χ0v) is 17.4. The van der Waals surface area contributed by atoms with Crippen molar-refractivity contribution in [1.82, 2.24) is 10.3 Å². The van der Waals surface area contributed by atoms with Crippen LogP contribution in [0.2, 0.25) is 5.02 Å². The average Bonchev–Trinajstić information content (AvgIpc) is 2.72. The summed E-state index contributed by atoms with van der Waals surface area (Å²) >= 11 is 5.94. The van der Waals surface area contributed by atoms with Gasteiger partial charge in [0, 0.05) is 55.1 Å². The van der Waals surface area contributed by atoms with Crippen LogP contribution in [-0.4, -0.2) is 31.0 Å². The van der Waals surface area contributed by atoms with Gasteiger partial charge >= 0.3 is 6.03 Å². The Morgan fingerprint density at radius 1 is 1.00 bits per heavy atom. The third-order valence-electron chi connectivity index (χ3n) is 4.24. The Kier molecular flexibility index (Phi) is 6.87. The van der Waals surface area contributed by atoms with Crippen LogP contribution in [-0.2, 0) is 6.54 Å². The van der Waals surface area contributed by atoms with E-state index in [1.54, 1.807) is 54.9 Å². The van der Waals surface area contributed by atoms with E-state index < -0.39 is 6.03 Å². The Bertz CT molecular complexity index is 1040. The summed E-state index contributed by atoms with van der Waals surface area (Å²) in [7, 11) is 3.71. The molecule has 0 aliphatic rings. The van der Waals surface area contributed by atoms with Gasteiger partial charge in [0.2, 0.25) is 0 Å². The van der Waals surface area contributed by atoms with E-state index >= 15 is 0 Å². The van der Waals surface area contributed by atoms with Crippen LogP contribution in [0.1, 0.15) is 15.9 Å². The molecule has 3 rings (SSSR count). The second-order valence-corrected chi connectivity index (χ2v) is 7.20. The van der Waals surface area contributed by atoms with Crippen LogP contribution in [0.25, 0.3) is 0 Å². The Balaban J connectivity index is 1.73. The zero-order chi connectivity index (χ0) is 21.5. The molecule has 3 aromatic rings. The summed E-state index contributed by atoms with van der Waals surface area (Å²) in [4.78, 5) is 31.0. The first-order valence-corrected chi connectivity index (χ1v) is 9.62. The van der Waals surface area contributed by atoms with Crippen molar-refractivity contribution in [3.63, 3.8) is 0 Å². The molecule has 7 nitrogen and oxygen atoms in total. The number of nitrogens with zero attached hydrogens (tertiary/aromatic N) is 2. The lowest BCUT2D eigenvalue weighted by Crippen LogP contribution is -2.26. The van der Waals surface area contributed by atoms with E-state index in [9.17, 15) is 9.59 Å². The van der Waals surface area contributed by atoms with Gasteiger partial charge in [0.05, 0.1) is 5.56 Å². The van der Waals surface area contributed by atoms with Gasteiger partial charge in [0.1, 0.15) is 0 Å². The first-order valence-electron chi connectivity index (χ1n) is 9.24. The summed E-state index contributed by atoms with van der Waals surface area (Å²) in [6.07, 6.45) is 3.38. The molecule has 8 heteroatoms. The van der Waals surface area contributed by atoms with Gasteiger partial charge in [-0.1, -0.05) is 23.7 Å². The molecule has 0 radical (unpaired) electrons. The number of nitrogens with one attached hydrogen (secondary N) is 3. The molecule has 3 N–H and O–H groups in total. The molecule has 2 aromatic carbocycles. The summed E-state index contributed by atoms with van der Waals surface area (Å²) in [5.41, 5.74) is 3.14. The van der Waals surface area contributed by atoms with Crippen LogP contribution in [0.5, 0.6) is 0 Å². The number of urea groups is 1. The molecule has 0 aliphatic heterocycles. The largest absolute Gasteiger partial charge is 0.377 e. The maximum Gasteiger partial charge on any atom is 0.323 e. The maximum atomic E-state index is 12.8. The number of hydrogen-bond acceptors (Lipinski definition) is 4. The van der Waals surface area contributed by atoms with Crippen LogP contribution < -0.4 is 20.9 Å². The van der Waals surface area contributed by atoms with Crippen LogP contribution in [0.15, 0.2) is 67.0 Å². The predicted molar refractivity (Wildman–Crippen MR) is 120 cm³/mol. The van der Waals surface area contributed by atoms with Crippen molar-refractivity contribution in [3.05, 3.63) is 83.1 Å². The summed E-state index contributed by atoms with van der Waals surface area (Å²) < 4.78 is 0. The lowest BCUT2D eigenvalue weighted by molar-refractivity contribution is 0.0951. The molecular formula is C22H22ClN5O2. The Labute approximate surface area is 180 Å². The van der Waals surface area contributed by atoms with E-state index in [0.717, 1.165) is 11.3 Å². The van der Waals surface area contributed by atoms with Crippen LogP contribution >= 0.6 is 11.6 Å². The molecule has 0 aliphatic carbocycles. The molecule has 1 heterocycles. The zero-order valence-electron chi connectivity index (χ0n) is 16.6. The molecule has 0 saturated heterocycles. The fourth-order valence-corrected chi connectivity index (χ4v) is 3.02. The molecule has 154 valence electrons. The average molecular weight is 424 g/mol. The summed E-state index contributed by atoms with van der Waals surface area (Å²) in [5.74, 6) is -0.249. The number of amides is 3. The van der Waals surface area contributed by atoms with E-state index in [-0.39, 0.29) is 5.91 Å². The second kappa shape index (κ2) is 9.76. The number of hydrogen-bond donors (Lipinski definition) is 3. The standard InChI is InChI=1S/C22H22ClN5O2/c1-28(2)20-9-8-18(27-22(30)26-17-7-3-6-16(23)11-17)12-19(20)21(29)25-14-15-5-4-10-24-13-15/h3-13H,14H2,1-2H3,(H,25,29)(H2,26,27,30). The van der Waals surface area contributed by atoms with Gasteiger partial charge in [-0.25, -0.2) is 4.79 Å². The van der Waals surface area contributed by atoms with Gasteiger partial charge in [-0.15, -0.1) is 0 Å². The van der Waals surface area contributed by atoms with Crippen molar-refractivity contribution < 1.29 is 9.59 Å². The van der Waals surface area contributed by atoms with Crippen molar-refractivity contribution in [2.45, 2.75) is 6.54 Å². The van der Waals surface area contributed by atoms with Gasteiger partial charge in [0.25, 0.3) is 5.91 Å². The molecule has 3 amide bonds. The molecule has 30 heavy (non-hydrogen) atoms. The van der Waals surface area contributed by atoms with Crippen molar-refractivity contribution in [3.8, 4) is 0 Å². The molecule has 0 saturated carbocycles. The minimum Gasteiger partial charge on any atom is -0.377 e. The highest BCUT2D eigenvalue weighted by atomic mass is 35.5. The first kappa shape index (κ1) is 21.1. The highest BCUT2D eigenvalue weighted by molar-refractivity contribution is 6.30. The lowest BCUT2D eigenvalue weighted by atomic mass is 10.1. The fraction of sp³-hybridized carbons (Fsp3) is 0.136. The van der Waals surface area contributed by atoms with E-state index in [1.165, 1.54) is 0 Å². The van der Waals surface area contributed by atoms with Crippen molar-refractivity contribution in [2.75, 3.05) is 29.6 Å². The number of carbonyl (C=O) groups is 2. The Morgan fingerprint density at radius 2 is 1.77 bits per heavy atom. The first-order chi connectivity index (χ1) is 14.4. The third-order valence-corrected chi connectivity index (χ3v) is 4.47. The summed E-state index contributed by atoms with van der Waals surface area (Å²) in [5, 5.41) is 8.87. The smallest absolute Gasteiger partial charge is 0.323 e. The molecule has 1 aromatic heterocycles. The SMILES string of the molecule is CN(C)c1ccc(NC(=O)Nc2cccc(Cl)c2)cc1C(=O)NCc1cccnc1. The molecule has 0 unspecified atom stereocenters. The maximum absolute atomic E-state index is 12.8. The fourth-order valence-electron chi connectivity index (χ4n) is 2.83. The minimum atomic E-state index is -0.434. The number of halogens is 1. The quantitative estimate of drug-likeness (QED) is 0.549. The van der Waals surface area contributed by atoms with Gasteiger partial charge in [0.15, 0.2) is 0 Å². The monoisotopic (exact) mass is 423 g/mol. The Morgan fingerprint density at radius 3 is 2.43 bits per heavy atom. The lowest BCUT2D eigenvalue weighted by Gasteiger charge is -2.18. The number of rotatable bonds is 6. The molecule has 0 bridgehead atoms.